The summed E-state index contributed by atoms with van der Waals surface area (Å²) in [6, 6.07) is 0. The number of terminal acetylenes is 1. The van der Waals surface area contributed by atoms with Crippen LogP contribution in [0.4, 0.5) is 0 Å². The summed E-state index contributed by atoms with van der Waals surface area (Å²) in [5.41, 5.74) is 1.89. The van der Waals surface area contributed by atoms with E-state index in [0.717, 1.165) is 51.4 Å². The van der Waals surface area contributed by atoms with E-state index >= 15 is 0 Å². The van der Waals surface area contributed by atoms with Crippen LogP contribution in [0.1, 0.15) is 113 Å². The van der Waals surface area contributed by atoms with Gasteiger partial charge in [0.2, 0.25) is 0 Å². The molecule has 5 rings (SSSR count). The summed E-state index contributed by atoms with van der Waals surface area (Å²) in [4.78, 5) is 13.6. The summed E-state index contributed by atoms with van der Waals surface area (Å²) in [5.74, 6) is 3.89. The fourth-order valence-corrected chi connectivity index (χ4v) is 10.9. The Morgan fingerprint density at radius 3 is 2.39 bits per heavy atom. The normalized spacial score (nSPS) is 48.7. The number of hydrogen-bond acceptors (Lipinski definition) is 3. The van der Waals surface area contributed by atoms with Crippen LogP contribution in [0.25, 0.3) is 0 Å². The number of rotatable bonds is 2. The van der Waals surface area contributed by atoms with Gasteiger partial charge in [0.25, 0.3) is 0 Å². The summed E-state index contributed by atoms with van der Waals surface area (Å²) < 4.78 is 5.70. The van der Waals surface area contributed by atoms with Gasteiger partial charge in [0.05, 0.1) is 11.5 Å². The molecule has 0 amide bonds. The lowest BCUT2D eigenvalue weighted by Crippen LogP contribution is -2.65. The van der Waals surface area contributed by atoms with Crippen molar-refractivity contribution in [3.05, 3.63) is 11.6 Å². The van der Waals surface area contributed by atoms with Gasteiger partial charge in [-0.25, -0.2) is 0 Å². The first kappa shape index (κ1) is 26.3. The molecule has 0 aromatic heterocycles. The molecule has 0 aromatic carbocycles. The molecule has 36 heavy (non-hydrogen) atoms. The van der Waals surface area contributed by atoms with Gasteiger partial charge in [0, 0.05) is 0 Å². The highest BCUT2D eigenvalue weighted by Gasteiger charge is 2.69. The van der Waals surface area contributed by atoms with Gasteiger partial charge in [0.1, 0.15) is 0 Å². The topological polar surface area (TPSA) is 46.5 Å². The molecule has 3 heteroatoms. The zero-order valence-corrected chi connectivity index (χ0v) is 24.0. The maximum atomic E-state index is 13.6. The molecule has 200 valence electrons. The predicted molar refractivity (Wildman–Crippen MR) is 145 cm³/mol. The average molecular weight is 495 g/mol. The molecule has 0 aliphatic heterocycles. The Bertz CT molecular complexity index is 999. The van der Waals surface area contributed by atoms with Crippen LogP contribution in [0.2, 0.25) is 0 Å². The number of ether oxygens (including phenoxy) is 1. The van der Waals surface area contributed by atoms with Crippen LogP contribution < -0.4 is 0 Å². The molecule has 5 aliphatic carbocycles. The molecule has 0 radical (unpaired) electrons. The van der Waals surface area contributed by atoms with E-state index in [1.807, 2.05) is 0 Å². The van der Waals surface area contributed by atoms with Gasteiger partial charge in [-0.3, -0.25) is 4.79 Å². The fourth-order valence-electron chi connectivity index (χ4n) is 10.9. The Morgan fingerprint density at radius 1 is 1.00 bits per heavy atom. The summed E-state index contributed by atoms with van der Waals surface area (Å²) in [6.45, 7) is 17.2. The van der Waals surface area contributed by atoms with Crippen molar-refractivity contribution in [2.24, 2.45) is 50.2 Å². The minimum absolute atomic E-state index is 0.0326. The smallest absolute Gasteiger partial charge is 0.313 e. The lowest BCUT2D eigenvalue weighted by Gasteiger charge is -2.71. The van der Waals surface area contributed by atoms with Gasteiger partial charge in [0.15, 0.2) is 6.61 Å². The van der Waals surface area contributed by atoms with Crippen LogP contribution in [-0.4, -0.2) is 23.8 Å². The predicted octanol–water partition coefficient (Wildman–Crippen LogP) is 7.33. The van der Waals surface area contributed by atoms with Crippen molar-refractivity contribution in [3.63, 3.8) is 0 Å². The lowest BCUT2D eigenvalue weighted by molar-refractivity contribution is -0.206. The van der Waals surface area contributed by atoms with Crippen molar-refractivity contribution < 1.29 is 14.6 Å². The second kappa shape index (κ2) is 8.11. The van der Waals surface area contributed by atoms with Gasteiger partial charge in [-0.2, -0.15) is 0 Å². The molecule has 4 saturated carbocycles. The Kier molecular flexibility index (Phi) is 5.94. The Hall–Kier alpha value is -1.27. The van der Waals surface area contributed by atoms with Crippen molar-refractivity contribution >= 4 is 5.97 Å². The van der Waals surface area contributed by atoms with E-state index in [-0.39, 0.29) is 51.7 Å². The number of hydrogen-bond donors (Lipinski definition) is 1. The summed E-state index contributed by atoms with van der Waals surface area (Å²) in [5, 5.41) is 10.9. The highest BCUT2D eigenvalue weighted by atomic mass is 16.5. The first-order valence-corrected chi connectivity index (χ1v) is 14.7. The van der Waals surface area contributed by atoms with Gasteiger partial charge < -0.3 is 9.84 Å². The van der Waals surface area contributed by atoms with Crippen molar-refractivity contribution in [2.45, 2.75) is 119 Å². The zero-order valence-electron chi connectivity index (χ0n) is 24.0. The van der Waals surface area contributed by atoms with Crippen molar-refractivity contribution in [2.75, 3.05) is 6.61 Å². The quantitative estimate of drug-likeness (QED) is 0.248. The number of fused-ring (bicyclic) bond motifs is 7. The van der Waals surface area contributed by atoms with Crippen molar-refractivity contribution in [3.8, 4) is 12.3 Å². The summed E-state index contributed by atoms with van der Waals surface area (Å²) in [6.07, 6.45) is 18.4. The maximum absolute atomic E-state index is 13.6. The first-order valence-electron chi connectivity index (χ1n) is 14.7. The molecular formula is C33H50O3. The van der Waals surface area contributed by atoms with Gasteiger partial charge in [-0.15, -0.1) is 6.42 Å². The molecule has 0 spiro atoms. The highest BCUT2D eigenvalue weighted by molar-refractivity contribution is 5.79. The fraction of sp³-hybridized carbons (Fsp3) is 0.848. The summed E-state index contributed by atoms with van der Waals surface area (Å²) in [7, 11) is 0. The van der Waals surface area contributed by atoms with Crippen LogP contribution in [0, 0.1) is 62.6 Å². The lowest BCUT2D eigenvalue weighted by atomic mass is 9.33. The monoisotopic (exact) mass is 494 g/mol. The van der Waals surface area contributed by atoms with E-state index in [0.29, 0.717) is 11.8 Å². The second-order valence-electron chi connectivity index (χ2n) is 15.5. The number of aliphatic hydroxyl groups excluding tert-OH is 1. The molecule has 5 aliphatic rings. The molecule has 0 saturated heterocycles. The second-order valence-corrected chi connectivity index (χ2v) is 15.5. The van der Waals surface area contributed by atoms with Gasteiger partial charge >= 0.3 is 5.97 Å². The van der Waals surface area contributed by atoms with Crippen LogP contribution >= 0.6 is 0 Å². The van der Waals surface area contributed by atoms with Crippen molar-refractivity contribution in [1.29, 1.82) is 0 Å². The number of esters is 1. The van der Waals surface area contributed by atoms with Crippen LogP contribution in [0.15, 0.2) is 11.6 Å². The molecule has 8 atom stereocenters. The molecule has 0 bridgehead atoms. The Morgan fingerprint density at radius 2 is 1.69 bits per heavy atom. The van der Waals surface area contributed by atoms with E-state index in [9.17, 15) is 9.90 Å². The number of carbonyl (C=O) groups is 1. The molecule has 1 N–H and O–H groups in total. The van der Waals surface area contributed by atoms with E-state index < -0.39 is 5.41 Å². The van der Waals surface area contributed by atoms with E-state index in [2.05, 4.69) is 60.5 Å². The van der Waals surface area contributed by atoms with Gasteiger partial charge in [-0.1, -0.05) is 66.0 Å². The van der Waals surface area contributed by atoms with E-state index in [1.165, 1.54) is 12.8 Å². The number of allylic oxidation sites excluding steroid dienone is 2. The first-order chi connectivity index (χ1) is 16.7. The largest absolute Gasteiger partial charge is 0.452 e. The highest BCUT2D eigenvalue weighted by Crippen LogP contribution is 2.75. The standard InChI is InChI=1S/C33H50O3/c1-9-20-36-27(35)33-18-16-28(2,3)21-23(33)22-10-11-25-30(6)14-13-26(34)29(4,5)24(30)12-15-32(25,8)31(22,7)17-19-33/h1,10,23-26,34H,11-21H2,2-8H3/t23-,24-,25+,26-,30-,31+,32+,33-/m0/s1. The van der Waals surface area contributed by atoms with Crippen LogP contribution in [0.3, 0.4) is 0 Å². The van der Waals surface area contributed by atoms with Crippen LogP contribution in [0.5, 0.6) is 0 Å². The van der Waals surface area contributed by atoms with E-state index in [4.69, 9.17) is 11.2 Å². The Labute approximate surface area is 220 Å². The third kappa shape index (κ3) is 3.31. The third-order valence-electron chi connectivity index (χ3n) is 13.3. The minimum Gasteiger partial charge on any atom is -0.452 e. The molecular weight excluding hydrogens is 444 g/mol. The molecule has 0 aromatic rings. The zero-order chi connectivity index (χ0) is 26.4. The number of carbonyl (C=O) groups excluding carboxylic acids is 1. The average Bonchev–Trinajstić information content (AvgIpc) is 2.80. The van der Waals surface area contributed by atoms with Crippen molar-refractivity contribution in [1.82, 2.24) is 0 Å². The maximum Gasteiger partial charge on any atom is 0.313 e. The third-order valence-corrected chi connectivity index (χ3v) is 13.3. The number of aliphatic hydroxyl groups is 1. The van der Waals surface area contributed by atoms with Crippen LogP contribution in [-0.2, 0) is 9.53 Å². The van der Waals surface area contributed by atoms with E-state index in [1.54, 1.807) is 5.57 Å². The molecule has 0 heterocycles. The molecule has 3 nitrogen and oxygen atoms in total. The van der Waals surface area contributed by atoms with Gasteiger partial charge in [-0.05, 0) is 109 Å². The summed E-state index contributed by atoms with van der Waals surface area (Å²) >= 11 is 0. The minimum atomic E-state index is -0.418. The molecule has 4 fully saturated rings. The SMILES string of the molecule is C#CCOC(=O)[C@]12CCC(C)(C)C[C@H]1C1=CC[C@@H]3[C@@]4(C)CC[C@H](O)C(C)(C)[C@@H]4CC[C@@]3(C)[C@]1(C)CC2. The Balaban J connectivity index is 1.58. The molecule has 0 unspecified atom stereocenters.